The van der Waals surface area contributed by atoms with Gasteiger partial charge in [-0.25, -0.2) is 9.78 Å². The van der Waals surface area contributed by atoms with E-state index in [0.29, 0.717) is 16.4 Å². The van der Waals surface area contributed by atoms with Crippen LogP contribution in [0, 0.1) is 0 Å². The van der Waals surface area contributed by atoms with Gasteiger partial charge in [-0.15, -0.1) is 0 Å². The highest BCUT2D eigenvalue weighted by Gasteiger charge is 2.17. The van der Waals surface area contributed by atoms with Crippen molar-refractivity contribution in [3.63, 3.8) is 0 Å². The van der Waals surface area contributed by atoms with E-state index in [2.05, 4.69) is 15.3 Å². The lowest BCUT2D eigenvalue weighted by molar-refractivity contribution is 0.0698. The molecule has 0 fully saturated rings. The number of benzene rings is 2. The predicted molar refractivity (Wildman–Crippen MR) is 89.2 cm³/mol. The number of fused-ring (bicyclic) bond motifs is 1. The van der Waals surface area contributed by atoms with Crippen LogP contribution in [0.2, 0.25) is 0 Å². The second-order valence-corrected chi connectivity index (χ2v) is 6.31. The van der Waals surface area contributed by atoms with Gasteiger partial charge in [-0.3, -0.25) is 4.21 Å². The average molecular weight is 329 g/mol. The monoisotopic (exact) mass is 329 g/mol. The Morgan fingerprint density at radius 2 is 2.04 bits per heavy atom. The summed E-state index contributed by atoms with van der Waals surface area (Å²) < 4.78 is 12.6. The molecule has 1 aromatic heterocycles. The van der Waals surface area contributed by atoms with Crippen LogP contribution in [-0.2, 0) is 16.6 Å². The van der Waals surface area contributed by atoms with Crippen LogP contribution in [0.1, 0.15) is 15.9 Å². The topological polar surface area (TPSA) is 95.1 Å². The minimum atomic E-state index is -1.40. The highest BCUT2D eigenvalue weighted by molar-refractivity contribution is 7.84. The van der Waals surface area contributed by atoms with Gasteiger partial charge in [-0.05, 0) is 23.8 Å². The first kappa shape index (κ1) is 15.2. The van der Waals surface area contributed by atoms with Gasteiger partial charge in [-0.2, -0.15) is 0 Å². The normalized spacial score (nSPS) is 12.2. The van der Waals surface area contributed by atoms with Gasteiger partial charge in [0, 0.05) is 7.05 Å². The molecule has 1 heterocycles. The summed E-state index contributed by atoms with van der Waals surface area (Å²) >= 11 is 0. The predicted octanol–water partition coefficient (Wildman–Crippen LogP) is 2.61. The lowest BCUT2D eigenvalue weighted by Gasteiger charge is -2.11. The first-order chi connectivity index (χ1) is 11.1. The fraction of sp³-hybridized carbons (Fsp3) is 0.125. The molecule has 0 spiro atoms. The Balaban J connectivity index is 1.93. The summed E-state index contributed by atoms with van der Waals surface area (Å²) in [6.07, 6.45) is 0. The number of carboxylic acids is 1. The summed E-state index contributed by atoms with van der Waals surface area (Å²) in [6.45, 7) is 0. The minimum Gasteiger partial charge on any atom is -0.478 e. The molecule has 3 N–H and O–H groups in total. The Morgan fingerprint density at radius 3 is 2.74 bits per heavy atom. The summed E-state index contributed by atoms with van der Waals surface area (Å²) in [4.78, 5) is 18.6. The van der Waals surface area contributed by atoms with Crippen molar-refractivity contribution >= 4 is 33.5 Å². The van der Waals surface area contributed by atoms with Gasteiger partial charge in [0.1, 0.15) is 0 Å². The van der Waals surface area contributed by atoms with Crippen LogP contribution in [0.15, 0.2) is 47.6 Å². The number of rotatable bonds is 5. The summed E-state index contributed by atoms with van der Waals surface area (Å²) in [5, 5.41) is 12.5. The number of para-hydroxylation sites is 3. The molecule has 0 aliphatic rings. The number of carboxylic acid groups (broad SMARTS) is 1. The largest absolute Gasteiger partial charge is 0.478 e. The third-order valence-electron chi connectivity index (χ3n) is 3.50. The molecule has 6 nitrogen and oxygen atoms in total. The number of nitrogens with one attached hydrogen (secondary N) is 2. The molecule has 118 valence electrons. The molecule has 0 saturated heterocycles. The number of aromatic amines is 1. The number of anilines is 1. The zero-order valence-corrected chi connectivity index (χ0v) is 13.2. The zero-order chi connectivity index (χ0) is 16.4. The van der Waals surface area contributed by atoms with Crippen molar-refractivity contribution in [2.75, 3.05) is 12.4 Å². The second-order valence-electron chi connectivity index (χ2n) is 4.94. The molecular weight excluding hydrogens is 314 g/mol. The Labute approximate surface area is 135 Å². The van der Waals surface area contributed by atoms with Crippen LogP contribution in [-0.4, -0.2) is 32.3 Å². The van der Waals surface area contributed by atoms with Gasteiger partial charge < -0.3 is 15.4 Å². The van der Waals surface area contributed by atoms with E-state index in [-0.39, 0.29) is 11.3 Å². The molecule has 0 aliphatic carbocycles. The van der Waals surface area contributed by atoms with Crippen LogP contribution >= 0.6 is 0 Å². The van der Waals surface area contributed by atoms with Crippen molar-refractivity contribution in [2.24, 2.45) is 0 Å². The Morgan fingerprint density at radius 1 is 1.26 bits per heavy atom. The summed E-state index contributed by atoms with van der Waals surface area (Å²) in [5.74, 6) is -0.845. The van der Waals surface area contributed by atoms with Gasteiger partial charge in [0.25, 0.3) is 0 Å². The van der Waals surface area contributed by atoms with E-state index in [0.717, 1.165) is 11.0 Å². The van der Waals surface area contributed by atoms with E-state index in [1.54, 1.807) is 19.2 Å². The molecule has 23 heavy (non-hydrogen) atoms. The molecule has 0 amide bonds. The number of carbonyl (C=O) groups is 1. The van der Waals surface area contributed by atoms with Crippen LogP contribution in [0.3, 0.4) is 0 Å². The van der Waals surface area contributed by atoms with E-state index in [4.69, 9.17) is 0 Å². The van der Waals surface area contributed by atoms with E-state index in [9.17, 15) is 14.1 Å². The Kier molecular flexibility index (Phi) is 4.12. The van der Waals surface area contributed by atoms with Crippen LogP contribution in [0.25, 0.3) is 11.0 Å². The number of nitrogens with zero attached hydrogens (tertiary/aromatic N) is 1. The lowest BCUT2D eigenvalue weighted by Crippen LogP contribution is -2.08. The van der Waals surface area contributed by atoms with E-state index in [1.165, 1.54) is 6.07 Å². The number of imidazole rings is 1. The number of hydrogen-bond acceptors (Lipinski definition) is 4. The highest BCUT2D eigenvalue weighted by atomic mass is 32.2. The average Bonchev–Trinajstić information content (AvgIpc) is 2.98. The van der Waals surface area contributed by atoms with Crippen molar-refractivity contribution in [1.82, 2.24) is 9.97 Å². The van der Waals surface area contributed by atoms with Crippen molar-refractivity contribution < 1.29 is 14.1 Å². The van der Waals surface area contributed by atoms with Crippen molar-refractivity contribution in [1.29, 1.82) is 0 Å². The molecule has 0 aliphatic heterocycles. The molecule has 1 atom stereocenters. The van der Waals surface area contributed by atoms with Crippen LogP contribution < -0.4 is 5.32 Å². The van der Waals surface area contributed by atoms with Crippen molar-refractivity contribution in [3.05, 3.63) is 53.6 Å². The molecule has 0 radical (unpaired) electrons. The number of H-pyrrole nitrogens is 1. The molecule has 0 saturated carbocycles. The fourth-order valence-corrected chi connectivity index (χ4v) is 3.52. The van der Waals surface area contributed by atoms with E-state index >= 15 is 0 Å². The molecule has 3 aromatic rings. The maximum atomic E-state index is 12.6. The maximum absolute atomic E-state index is 12.6. The van der Waals surface area contributed by atoms with Gasteiger partial charge in [0.05, 0.1) is 38.8 Å². The quantitative estimate of drug-likeness (QED) is 0.669. The van der Waals surface area contributed by atoms with Crippen molar-refractivity contribution in [2.45, 2.75) is 10.9 Å². The van der Waals surface area contributed by atoms with E-state index in [1.807, 2.05) is 24.3 Å². The standard InChI is InChI=1S/C16H15N3O3S/c1-17-14-10(5-4-6-11(14)15(20)21)9-23(22)16-18-12-7-2-3-8-13(12)19-16/h2-8,17H,9H2,1H3,(H,18,19)(H,20,21). The fourth-order valence-electron chi connectivity index (χ4n) is 2.44. The van der Waals surface area contributed by atoms with Gasteiger partial charge in [-0.1, -0.05) is 24.3 Å². The lowest BCUT2D eigenvalue weighted by atomic mass is 10.1. The minimum absolute atomic E-state index is 0.159. The molecule has 2 aromatic carbocycles. The SMILES string of the molecule is CNc1c(CS(=O)c2nc3ccccc3[nH]2)cccc1C(=O)O. The zero-order valence-electron chi connectivity index (χ0n) is 12.4. The van der Waals surface area contributed by atoms with Gasteiger partial charge in [0.15, 0.2) is 5.16 Å². The van der Waals surface area contributed by atoms with Gasteiger partial charge >= 0.3 is 5.97 Å². The Hall–Kier alpha value is -2.67. The summed E-state index contributed by atoms with van der Waals surface area (Å²) in [5.41, 5.74) is 2.88. The van der Waals surface area contributed by atoms with Gasteiger partial charge in [0.2, 0.25) is 0 Å². The van der Waals surface area contributed by atoms with Crippen LogP contribution in [0.4, 0.5) is 5.69 Å². The smallest absolute Gasteiger partial charge is 0.337 e. The summed E-state index contributed by atoms with van der Waals surface area (Å²) in [6, 6.07) is 12.4. The first-order valence-electron chi connectivity index (χ1n) is 6.96. The molecule has 1 unspecified atom stereocenters. The number of hydrogen-bond donors (Lipinski definition) is 3. The first-order valence-corrected chi connectivity index (χ1v) is 8.28. The second kappa shape index (κ2) is 6.21. The molecular formula is C16H15N3O3S. The maximum Gasteiger partial charge on any atom is 0.337 e. The van der Waals surface area contributed by atoms with Crippen LogP contribution in [0.5, 0.6) is 0 Å². The molecule has 0 bridgehead atoms. The molecule has 3 rings (SSSR count). The third kappa shape index (κ3) is 2.95. The Bertz CT molecular complexity index is 871. The number of aromatic nitrogens is 2. The number of aromatic carboxylic acids is 1. The third-order valence-corrected chi connectivity index (χ3v) is 4.70. The van der Waals surface area contributed by atoms with Crippen molar-refractivity contribution in [3.8, 4) is 0 Å². The molecule has 7 heteroatoms. The summed E-state index contributed by atoms with van der Waals surface area (Å²) in [7, 11) is 0.248. The van der Waals surface area contributed by atoms with E-state index < -0.39 is 16.8 Å². The highest BCUT2D eigenvalue weighted by Crippen LogP contribution is 2.24.